The quantitative estimate of drug-likeness (QED) is 0.747. The van der Waals surface area contributed by atoms with E-state index in [4.69, 9.17) is 16.3 Å². The zero-order valence-electron chi connectivity index (χ0n) is 10.6. The number of rotatable bonds is 7. The summed E-state index contributed by atoms with van der Waals surface area (Å²) >= 11 is 5.98. The molecule has 1 aromatic rings. The molecule has 1 N–H and O–H groups in total. The highest BCUT2D eigenvalue weighted by Gasteiger charge is 2.04. The lowest BCUT2D eigenvalue weighted by Gasteiger charge is -2.13. The SMILES string of the molecule is C=C(CC)COc1ccc(Cl)cc1CNCC. The molecular weight excluding hydrogens is 234 g/mol. The summed E-state index contributed by atoms with van der Waals surface area (Å²) in [4.78, 5) is 0. The van der Waals surface area contributed by atoms with Gasteiger partial charge in [-0.1, -0.05) is 32.0 Å². The molecule has 0 atom stereocenters. The first-order valence-electron chi connectivity index (χ1n) is 5.96. The van der Waals surface area contributed by atoms with E-state index in [2.05, 4.69) is 25.7 Å². The van der Waals surface area contributed by atoms with Crippen LogP contribution < -0.4 is 10.1 Å². The first kappa shape index (κ1) is 14.1. The van der Waals surface area contributed by atoms with Gasteiger partial charge in [0, 0.05) is 17.1 Å². The summed E-state index contributed by atoms with van der Waals surface area (Å²) in [5, 5.41) is 4.01. The van der Waals surface area contributed by atoms with Crippen LogP contribution in [0, 0.1) is 0 Å². The molecule has 0 aliphatic carbocycles. The van der Waals surface area contributed by atoms with Crippen molar-refractivity contribution in [1.29, 1.82) is 0 Å². The van der Waals surface area contributed by atoms with E-state index in [1.54, 1.807) is 0 Å². The van der Waals surface area contributed by atoms with Gasteiger partial charge in [0.1, 0.15) is 12.4 Å². The molecule has 0 spiro atoms. The maximum atomic E-state index is 5.98. The minimum Gasteiger partial charge on any atom is -0.489 e. The summed E-state index contributed by atoms with van der Waals surface area (Å²) < 4.78 is 5.74. The first-order chi connectivity index (χ1) is 8.17. The largest absolute Gasteiger partial charge is 0.489 e. The van der Waals surface area contributed by atoms with Crippen molar-refractivity contribution >= 4 is 11.6 Å². The second-order valence-electron chi connectivity index (χ2n) is 3.92. The van der Waals surface area contributed by atoms with E-state index in [0.717, 1.165) is 41.4 Å². The fourth-order valence-corrected chi connectivity index (χ4v) is 1.56. The predicted octanol–water partition coefficient (Wildman–Crippen LogP) is 3.79. The summed E-state index contributed by atoms with van der Waals surface area (Å²) in [5.41, 5.74) is 2.18. The molecule has 0 aliphatic rings. The molecule has 0 heterocycles. The van der Waals surface area contributed by atoms with Gasteiger partial charge in [0.25, 0.3) is 0 Å². The third-order valence-electron chi connectivity index (χ3n) is 2.52. The number of hydrogen-bond acceptors (Lipinski definition) is 2. The Bertz CT molecular complexity index is 376. The normalized spacial score (nSPS) is 10.3. The molecule has 1 rings (SSSR count). The standard InChI is InChI=1S/C14H20ClNO/c1-4-11(3)10-17-14-7-6-13(15)8-12(14)9-16-5-2/h6-8,16H,3-5,9-10H2,1-2H3. The van der Waals surface area contributed by atoms with Crippen molar-refractivity contribution in [3.8, 4) is 5.75 Å². The molecule has 0 bridgehead atoms. The molecule has 0 aliphatic heterocycles. The van der Waals surface area contributed by atoms with Crippen LogP contribution in [0.4, 0.5) is 0 Å². The van der Waals surface area contributed by atoms with E-state index in [-0.39, 0.29) is 0 Å². The van der Waals surface area contributed by atoms with Gasteiger partial charge in [0.05, 0.1) is 0 Å². The Morgan fingerprint density at radius 3 is 2.82 bits per heavy atom. The molecule has 2 nitrogen and oxygen atoms in total. The minimum atomic E-state index is 0.567. The Kier molecular flexibility index (Phi) is 6.09. The van der Waals surface area contributed by atoms with E-state index in [0.29, 0.717) is 6.61 Å². The zero-order chi connectivity index (χ0) is 12.7. The van der Waals surface area contributed by atoms with Crippen molar-refractivity contribution in [2.75, 3.05) is 13.2 Å². The summed E-state index contributed by atoms with van der Waals surface area (Å²) in [6, 6.07) is 5.70. The van der Waals surface area contributed by atoms with Crippen molar-refractivity contribution in [2.24, 2.45) is 0 Å². The molecule has 17 heavy (non-hydrogen) atoms. The minimum absolute atomic E-state index is 0.567. The van der Waals surface area contributed by atoms with Crippen molar-refractivity contribution in [3.05, 3.63) is 40.9 Å². The van der Waals surface area contributed by atoms with E-state index >= 15 is 0 Å². The Balaban J connectivity index is 2.71. The second-order valence-corrected chi connectivity index (χ2v) is 4.36. The van der Waals surface area contributed by atoms with Crippen molar-refractivity contribution in [1.82, 2.24) is 5.32 Å². The van der Waals surface area contributed by atoms with E-state index < -0.39 is 0 Å². The maximum Gasteiger partial charge on any atom is 0.124 e. The molecule has 94 valence electrons. The fourth-order valence-electron chi connectivity index (χ4n) is 1.37. The first-order valence-corrected chi connectivity index (χ1v) is 6.33. The molecule has 0 saturated heterocycles. The maximum absolute atomic E-state index is 5.98. The molecule has 0 saturated carbocycles. The summed E-state index contributed by atoms with van der Waals surface area (Å²) in [6.07, 6.45) is 0.941. The van der Waals surface area contributed by atoms with E-state index in [1.807, 2.05) is 18.2 Å². The highest BCUT2D eigenvalue weighted by Crippen LogP contribution is 2.23. The molecule has 0 fully saturated rings. The lowest BCUT2D eigenvalue weighted by atomic mass is 10.2. The summed E-state index contributed by atoms with van der Waals surface area (Å²) in [7, 11) is 0. The van der Waals surface area contributed by atoms with E-state index in [9.17, 15) is 0 Å². The Morgan fingerprint density at radius 1 is 1.41 bits per heavy atom. The molecule has 0 aromatic heterocycles. The van der Waals surface area contributed by atoms with Crippen LogP contribution in [0.1, 0.15) is 25.8 Å². The van der Waals surface area contributed by atoms with Crippen LogP contribution >= 0.6 is 11.6 Å². The van der Waals surface area contributed by atoms with Gasteiger partial charge in [-0.25, -0.2) is 0 Å². The topological polar surface area (TPSA) is 21.3 Å². The van der Waals surface area contributed by atoms with Crippen LogP contribution in [0.25, 0.3) is 0 Å². The highest BCUT2D eigenvalue weighted by atomic mass is 35.5. The molecule has 0 radical (unpaired) electrons. The average molecular weight is 254 g/mol. The third-order valence-corrected chi connectivity index (χ3v) is 2.75. The molecule has 0 amide bonds. The third kappa shape index (κ3) is 4.80. The van der Waals surface area contributed by atoms with Crippen LogP contribution in [0.5, 0.6) is 5.75 Å². The number of hydrogen-bond donors (Lipinski definition) is 1. The van der Waals surface area contributed by atoms with Crippen LogP contribution in [-0.4, -0.2) is 13.2 Å². The number of ether oxygens (including phenoxy) is 1. The fraction of sp³-hybridized carbons (Fsp3) is 0.429. The molecule has 0 unspecified atom stereocenters. The number of nitrogens with one attached hydrogen (secondary N) is 1. The molecular formula is C14H20ClNO. The van der Waals surface area contributed by atoms with Gasteiger partial charge in [-0.2, -0.15) is 0 Å². The summed E-state index contributed by atoms with van der Waals surface area (Å²) in [5.74, 6) is 0.880. The number of halogens is 1. The Morgan fingerprint density at radius 2 is 2.18 bits per heavy atom. The second kappa shape index (κ2) is 7.36. The van der Waals surface area contributed by atoms with Crippen LogP contribution in [0.2, 0.25) is 5.02 Å². The van der Waals surface area contributed by atoms with Gasteiger partial charge in [-0.05, 0) is 36.7 Å². The Labute approximate surface area is 109 Å². The monoisotopic (exact) mass is 253 g/mol. The van der Waals surface area contributed by atoms with Crippen molar-refractivity contribution in [3.63, 3.8) is 0 Å². The lowest BCUT2D eigenvalue weighted by molar-refractivity contribution is 0.344. The zero-order valence-corrected chi connectivity index (χ0v) is 11.3. The smallest absolute Gasteiger partial charge is 0.124 e. The highest BCUT2D eigenvalue weighted by molar-refractivity contribution is 6.30. The Hall–Kier alpha value is -0.990. The van der Waals surface area contributed by atoms with Gasteiger partial charge in [-0.15, -0.1) is 0 Å². The van der Waals surface area contributed by atoms with Gasteiger partial charge in [0.2, 0.25) is 0 Å². The van der Waals surface area contributed by atoms with Crippen molar-refractivity contribution in [2.45, 2.75) is 26.8 Å². The summed E-state index contributed by atoms with van der Waals surface area (Å²) in [6.45, 7) is 10.3. The van der Waals surface area contributed by atoms with Crippen molar-refractivity contribution < 1.29 is 4.74 Å². The van der Waals surface area contributed by atoms with Crippen LogP contribution in [0.3, 0.4) is 0 Å². The average Bonchev–Trinajstić information content (AvgIpc) is 2.34. The van der Waals surface area contributed by atoms with Gasteiger partial charge < -0.3 is 10.1 Å². The molecule has 3 heteroatoms. The van der Waals surface area contributed by atoms with Gasteiger partial charge in [0.15, 0.2) is 0 Å². The van der Waals surface area contributed by atoms with Crippen LogP contribution in [0.15, 0.2) is 30.4 Å². The lowest BCUT2D eigenvalue weighted by Crippen LogP contribution is -2.13. The van der Waals surface area contributed by atoms with Gasteiger partial charge in [-0.3, -0.25) is 0 Å². The van der Waals surface area contributed by atoms with E-state index in [1.165, 1.54) is 0 Å². The number of benzene rings is 1. The molecule has 1 aromatic carbocycles. The predicted molar refractivity (Wildman–Crippen MR) is 73.8 cm³/mol. The van der Waals surface area contributed by atoms with Gasteiger partial charge >= 0.3 is 0 Å². The van der Waals surface area contributed by atoms with Crippen LogP contribution in [-0.2, 0) is 6.54 Å².